The SMILES string of the molecule is COc1ccc(C2CNC(=O)N(Cc3csc4ccccc34)C2)cc1OC1CCCC1. The summed E-state index contributed by atoms with van der Waals surface area (Å²) < 4.78 is 13.1. The van der Waals surface area contributed by atoms with Crippen molar-refractivity contribution in [1.82, 2.24) is 10.2 Å². The third kappa shape index (κ3) is 4.22. The van der Waals surface area contributed by atoms with E-state index in [4.69, 9.17) is 9.47 Å². The van der Waals surface area contributed by atoms with E-state index in [0.717, 1.165) is 24.3 Å². The highest BCUT2D eigenvalue weighted by Gasteiger charge is 2.28. The van der Waals surface area contributed by atoms with Gasteiger partial charge in [0.1, 0.15) is 0 Å². The molecule has 1 unspecified atom stereocenters. The third-order valence-corrected chi connectivity index (χ3v) is 7.42. The van der Waals surface area contributed by atoms with Crippen molar-refractivity contribution in [2.75, 3.05) is 20.2 Å². The van der Waals surface area contributed by atoms with Gasteiger partial charge in [-0.25, -0.2) is 4.79 Å². The van der Waals surface area contributed by atoms with Crippen molar-refractivity contribution in [3.63, 3.8) is 0 Å². The van der Waals surface area contributed by atoms with Gasteiger partial charge in [-0.3, -0.25) is 0 Å². The number of urea groups is 1. The van der Waals surface area contributed by atoms with Crippen molar-refractivity contribution in [1.29, 1.82) is 0 Å². The highest BCUT2D eigenvalue weighted by Crippen LogP contribution is 2.35. The van der Waals surface area contributed by atoms with Gasteiger partial charge in [-0.15, -0.1) is 11.3 Å². The Bertz CT molecular complexity index is 1070. The van der Waals surface area contributed by atoms with Gasteiger partial charge in [0.05, 0.1) is 13.2 Å². The van der Waals surface area contributed by atoms with Crippen molar-refractivity contribution in [3.05, 3.63) is 59.0 Å². The Balaban J connectivity index is 1.35. The van der Waals surface area contributed by atoms with Crippen molar-refractivity contribution in [2.24, 2.45) is 0 Å². The number of hydrogen-bond donors (Lipinski definition) is 1. The number of fused-ring (bicyclic) bond motifs is 1. The Morgan fingerprint density at radius 3 is 2.81 bits per heavy atom. The number of amides is 2. The first kappa shape index (κ1) is 20.2. The molecule has 2 aliphatic rings. The summed E-state index contributed by atoms with van der Waals surface area (Å²) in [6.07, 6.45) is 4.95. The summed E-state index contributed by atoms with van der Waals surface area (Å²) in [5.41, 5.74) is 2.38. The van der Waals surface area contributed by atoms with E-state index in [0.29, 0.717) is 19.6 Å². The van der Waals surface area contributed by atoms with Crippen LogP contribution >= 0.6 is 11.3 Å². The molecule has 1 aromatic heterocycles. The van der Waals surface area contributed by atoms with Crippen LogP contribution in [0.1, 0.15) is 42.7 Å². The summed E-state index contributed by atoms with van der Waals surface area (Å²) in [5, 5.41) is 6.49. The van der Waals surface area contributed by atoms with Crippen molar-refractivity contribution in [3.8, 4) is 11.5 Å². The first-order chi connectivity index (χ1) is 15.2. The van der Waals surface area contributed by atoms with E-state index >= 15 is 0 Å². The summed E-state index contributed by atoms with van der Waals surface area (Å²) in [5.74, 6) is 1.80. The minimum Gasteiger partial charge on any atom is -0.493 e. The molecule has 0 radical (unpaired) electrons. The normalized spacial score (nSPS) is 19.6. The number of benzene rings is 2. The predicted octanol–water partition coefficient (Wildman–Crippen LogP) is 5.54. The van der Waals surface area contributed by atoms with Gasteiger partial charge in [-0.2, -0.15) is 0 Å². The molecule has 3 aromatic rings. The van der Waals surface area contributed by atoms with Crippen LogP contribution in [-0.2, 0) is 6.54 Å². The third-order valence-electron chi connectivity index (χ3n) is 6.40. The van der Waals surface area contributed by atoms with Gasteiger partial charge in [0.15, 0.2) is 11.5 Å². The lowest BCUT2D eigenvalue weighted by Gasteiger charge is -2.34. The number of nitrogens with zero attached hydrogens (tertiary/aromatic N) is 1. The molecule has 1 aliphatic heterocycles. The molecule has 1 N–H and O–H groups in total. The van der Waals surface area contributed by atoms with Gasteiger partial charge < -0.3 is 19.7 Å². The zero-order valence-corrected chi connectivity index (χ0v) is 18.6. The number of hydrogen-bond acceptors (Lipinski definition) is 4. The number of rotatable bonds is 6. The summed E-state index contributed by atoms with van der Waals surface area (Å²) in [4.78, 5) is 14.5. The van der Waals surface area contributed by atoms with Crippen LogP contribution < -0.4 is 14.8 Å². The molecule has 2 heterocycles. The Morgan fingerprint density at radius 1 is 1.13 bits per heavy atom. The number of carbonyl (C=O) groups excluding carboxylic acids is 1. The lowest BCUT2D eigenvalue weighted by Crippen LogP contribution is -2.49. The first-order valence-electron chi connectivity index (χ1n) is 11.0. The van der Waals surface area contributed by atoms with E-state index in [1.54, 1.807) is 18.4 Å². The van der Waals surface area contributed by atoms with Crippen LogP contribution in [0.25, 0.3) is 10.1 Å². The summed E-state index contributed by atoms with van der Waals surface area (Å²) >= 11 is 1.73. The minimum atomic E-state index is 0.00229. The molecule has 162 valence electrons. The number of nitrogens with one attached hydrogen (secondary N) is 1. The van der Waals surface area contributed by atoms with Crippen LogP contribution in [0.3, 0.4) is 0 Å². The maximum Gasteiger partial charge on any atom is 0.317 e. The highest BCUT2D eigenvalue weighted by atomic mass is 32.1. The molecular weight excluding hydrogens is 408 g/mol. The molecule has 5 nitrogen and oxygen atoms in total. The smallest absolute Gasteiger partial charge is 0.317 e. The molecule has 5 rings (SSSR count). The van der Waals surface area contributed by atoms with Crippen molar-refractivity contribution in [2.45, 2.75) is 44.2 Å². The summed E-state index contributed by atoms with van der Waals surface area (Å²) in [6.45, 7) is 1.94. The van der Waals surface area contributed by atoms with Crippen molar-refractivity contribution >= 4 is 27.5 Å². The fourth-order valence-electron chi connectivity index (χ4n) is 4.68. The molecule has 6 heteroatoms. The molecule has 0 bridgehead atoms. The molecule has 2 fully saturated rings. The van der Waals surface area contributed by atoms with E-state index in [1.807, 2.05) is 11.0 Å². The number of thiophene rings is 1. The number of carbonyl (C=O) groups is 1. The van der Waals surface area contributed by atoms with Crippen LogP contribution in [0.5, 0.6) is 11.5 Å². The number of methoxy groups -OCH3 is 1. The lowest BCUT2D eigenvalue weighted by molar-refractivity contribution is 0.176. The quantitative estimate of drug-likeness (QED) is 0.552. The topological polar surface area (TPSA) is 50.8 Å². The van der Waals surface area contributed by atoms with Crippen LogP contribution in [0, 0.1) is 0 Å². The van der Waals surface area contributed by atoms with E-state index in [9.17, 15) is 4.79 Å². The van der Waals surface area contributed by atoms with Gasteiger partial charge in [0.25, 0.3) is 0 Å². The first-order valence-corrected chi connectivity index (χ1v) is 11.9. The Hall–Kier alpha value is -2.73. The Morgan fingerprint density at radius 2 is 1.97 bits per heavy atom. The molecule has 1 atom stereocenters. The zero-order valence-electron chi connectivity index (χ0n) is 17.8. The zero-order chi connectivity index (χ0) is 21.2. The van der Waals surface area contributed by atoms with Crippen LogP contribution in [0.2, 0.25) is 0 Å². The second kappa shape index (κ2) is 8.79. The van der Waals surface area contributed by atoms with E-state index in [2.05, 4.69) is 47.1 Å². The molecule has 1 aliphatic carbocycles. The van der Waals surface area contributed by atoms with Gasteiger partial charge >= 0.3 is 6.03 Å². The molecule has 31 heavy (non-hydrogen) atoms. The van der Waals surface area contributed by atoms with Gasteiger partial charge in [-0.05, 0) is 65.8 Å². The van der Waals surface area contributed by atoms with Crippen LogP contribution in [-0.4, -0.2) is 37.2 Å². The largest absolute Gasteiger partial charge is 0.493 e. The summed E-state index contributed by atoms with van der Waals surface area (Å²) in [7, 11) is 1.68. The Kier molecular flexibility index (Phi) is 5.72. The lowest BCUT2D eigenvalue weighted by atomic mass is 9.96. The molecule has 2 aromatic carbocycles. The van der Waals surface area contributed by atoms with E-state index in [-0.39, 0.29) is 18.1 Å². The van der Waals surface area contributed by atoms with Gasteiger partial charge in [-0.1, -0.05) is 24.3 Å². The molecule has 1 saturated heterocycles. The second-order valence-electron chi connectivity index (χ2n) is 8.46. The molecule has 0 spiro atoms. The average Bonchev–Trinajstić information content (AvgIpc) is 3.45. The minimum absolute atomic E-state index is 0.00229. The highest BCUT2D eigenvalue weighted by molar-refractivity contribution is 7.17. The van der Waals surface area contributed by atoms with Crippen LogP contribution in [0.15, 0.2) is 47.8 Å². The molecule has 2 amide bonds. The second-order valence-corrected chi connectivity index (χ2v) is 9.37. The maximum atomic E-state index is 12.6. The van der Waals surface area contributed by atoms with E-state index < -0.39 is 0 Å². The standard InChI is InChI=1S/C25H28N2O3S/c1-29-22-11-10-17(12-23(22)30-20-6-2-3-7-20)18-13-26-25(28)27(14-18)15-19-16-31-24-9-5-4-8-21(19)24/h4-5,8-12,16,18,20H,2-3,6-7,13-15H2,1H3,(H,26,28). The van der Waals surface area contributed by atoms with Gasteiger partial charge in [0, 0.05) is 30.3 Å². The van der Waals surface area contributed by atoms with Crippen LogP contribution in [0.4, 0.5) is 4.79 Å². The monoisotopic (exact) mass is 436 g/mol. The fourth-order valence-corrected chi connectivity index (χ4v) is 5.64. The summed E-state index contributed by atoms with van der Waals surface area (Å²) in [6, 6.07) is 14.6. The molecule has 1 saturated carbocycles. The van der Waals surface area contributed by atoms with Gasteiger partial charge in [0.2, 0.25) is 0 Å². The average molecular weight is 437 g/mol. The predicted molar refractivity (Wildman–Crippen MR) is 124 cm³/mol. The Labute approximate surface area is 187 Å². The fraction of sp³-hybridized carbons (Fsp3) is 0.400. The molecular formula is C25H28N2O3S. The van der Waals surface area contributed by atoms with E-state index in [1.165, 1.54) is 34.1 Å². The van der Waals surface area contributed by atoms with Crippen molar-refractivity contribution < 1.29 is 14.3 Å². The number of ether oxygens (including phenoxy) is 2. The maximum absolute atomic E-state index is 12.6.